The summed E-state index contributed by atoms with van der Waals surface area (Å²) in [7, 11) is 1.76. The maximum absolute atomic E-state index is 5.41. The number of pyridine rings is 1. The van der Waals surface area contributed by atoms with Crippen LogP contribution in [0.25, 0.3) is 10.9 Å². The first-order valence-corrected chi connectivity index (χ1v) is 7.35. The van der Waals surface area contributed by atoms with Crippen molar-refractivity contribution in [3.63, 3.8) is 0 Å². The van der Waals surface area contributed by atoms with Crippen molar-refractivity contribution in [1.29, 1.82) is 0 Å². The van der Waals surface area contributed by atoms with Gasteiger partial charge in [-0.05, 0) is 44.0 Å². The van der Waals surface area contributed by atoms with Gasteiger partial charge in [-0.1, -0.05) is 25.1 Å². The van der Waals surface area contributed by atoms with E-state index in [0.717, 1.165) is 24.9 Å². The van der Waals surface area contributed by atoms with Crippen molar-refractivity contribution >= 4 is 10.9 Å². The van der Waals surface area contributed by atoms with E-state index in [1.54, 1.807) is 7.11 Å². The van der Waals surface area contributed by atoms with Gasteiger partial charge >= 0.3 is 0 Å². The summed E-state index contributed by atoms with van der Waals surface area (Å²) in [6, 6.07) is 10.8. The lowest BCUT2D eigenvalue weighted by Crippen LogP contribution is -2.26. The van der Waals surface area contributed by atoms with Gasteiger partial charge in [-0.3, -0.25) is 4.98 Å². The molecule has 0 aliphatic heterocycles. The molecule has 0 spiro atoms. The molecule has 1 aromatic carbocycles. The SMILES string of the molecule is CCCNC(CC(C)OC)c1cnc2ccccc2c1. The molecule has 0 bridgehead atoms. The number of nitrogens with one attached hydrogen (secondary N) is 1. The fourth-order valence-electron chi connectivity index (χ4n) is 2.36. The van der Waals surface area contributed by atoms with E-state index >= 15 is 0 Å². The standard InChI is InChI=1S/C17H24N2O/c1-4-9-18-17(10-13(2)20-3)15-11-14-7-5-6-8-16(14)19-12-15/h5-8,11-13,17-18H,4,9-10H2,1-3H3. The number of rotatable bonds is 7. The molecule has 0 saturated carbocycles. The predicted molar refractivity (Wildman–Crippen MR) is 83.9 cm³/mol. The Bertz CT molecular complexity index is 541. The quantitative estimate of drug-likeness (QED) is 0.834. The molecular weight excluding hydrogens is 248 g/mol. The van der Waals surface area contributed by atoms with Gasteiger partial charge in [-0.15, -0.1) is 0 Å². The van der Waals surface area contributed by atoms with Crippen LogP contribution >= 0.6 is 0 Å². The van der Waals surface area contributed by atoms with E-state index in [-0.39, 0.29) is 6.10 Å². The summed E-state index contributed by atoms with van der Waals surface area (Å²) in [5.41, 5.74) is 2.28. The highest BCUT2D eigenvalue weighted by Crippen LogP contribution is 2.22. The fraction of sp³-hybridized carbons (Fsp3) is 0.471. The van der Waals surface area contributed by atoms with Crippen molar-refractivity contribution in [1.82, 2.24) is 10.3 Å². The average Bonchev–Trinajstić information content (AvgIpc) is 2.50. The monoisotopic (exact) mass is 272 g/mol. The Balaban J connectivity index is 2.24. The first kappa shape index (κ1) is 14.9. The van der Waals surface area contributed by atoms with Crippen LogP contribution in [0.15, 0.2) is 36.5 Å². The van der Waals surface area contributed by atoms with Crippen molar-refractivity contribution in [2.24, 2.45) is 0 Å². The van der Waals surface area contributed by atoms with Crippen molar-refractivity contribution in [2.75, 3.05) is 13.7 Å². The summed E-state index contributed by atoms with van der Waals surface area (Å²) >= 11 is 0. The van der Waals surface area contributed by atoms with E-state index in [9.17, 15) is 0 Å². The average molecular weight is 272 g/mol. The van der Waals surface area contributed by atoms with E-state index in [4.69, 9.17) is 4.74 Å². The smallest absolute Gasteiger partial charge is 0.0702 e. The van der Waals surface area contributed by atoms with Crippen LogP contribution in [0.1, 0.15) is 38.3 Å². The highest BCUT2D eigenvalue weighted by atomic mass is 16.5. The number of hydrogen-bond donors (Lipinski definition) is 1. The predicted octanol–water partition coefficient (Wildman–Crippen LogP) is 3.70. The van der Waals surface area contributed by atoms with Gasteiger partial charge in [0.15, 0.2) is 0 Å². The van der Waals surface area contributed by atoms with E-state index in [1.165, 1.54) is 10.9 Å². The molecule has 3 heteroatoms. The zero-order valence-corrected chi connectivity index (χ0v) is 12.6. The summed E-state index contributed by atoms with van der Waals surface area (Å²) in [4.78, 5) is 4.56. The van der Waals surface area contributed by atoms with Gasteiger partial charge in [-0.25, -0.2) is 0 Å². The summed E-state index contributed by atoms with van der Waals surface area (Å²) in [5.74, 6) is 0. The van der Waals surface area contributed by atoms with Crippen molar-refractivity contribution in [3.05, 3.63) is 42.1 Å². The van der Waals surface area contributed by atoms with Gasteiger partial charge < -0.3 is 10.1 Å². The van der Waals surface area contributed by atoms with Gasteiger partial charge in [0, 0.05) is 24.7 Å². The minimum absolute atomic E-state index is 0.232. The van der Waals surface area contributed by atoms with E-state index in [2.05, 4.69) is 42.3 Å². The summed E-state index contributed by atoms with van der Waals surface area (Å²) < 4.78 is 5.41. The minimum Gasteiger partial charge on any atom is -0.382 e. The molecule has 1 heterocycles. The van der Waals surface area contributed by atoms with Crippen LogP contribution in [0.3, 0.4) is 0 Å². The molecule has 0 fully saturated rings. The number of hydrogen-bond acceptors (Lipinski definition) is 3. The lowest BCUT2D eigenvalue weighted by Gasteiger charge is -2.22. The molecule has 1 aromatic heterocycles. The number of methoxy groups -OCH3 is 1. The molecule has 0 saturated heterocycles. The molecule has 3 nitrogen and oxygen atoms in total. The molecule has 2 rings (SSSR count). The van der Waals surface area contributed by atoms with E-state index < -0.39 is 0 Å². The zero-order valence-electron chi connectivity index (χ0n) is 12.6. The molecule has 2 unspecified atom stereocenters. The number of para-hydroxylation sites is 1. The maximum Gasteiger partial charge on any atom is 0.0702 e. The maximum atomic E-state index is 5.41. The van der Waals surface area contributed by atoms with Crippen LogP contribution in [0.5, 0.6) is 0 Å². The molecule has 108 valence electrons. The van der Waals surface area contributed by atoms with E-state index in [1.807, 2.05) is 18.3 Å². The van der Waals surface area contributed by atoms with Crippen LogP contribution in [0, 0.1) is 0 Å². The molecule has 0 radical (unpaired) electrons. The minimum atomic E-state index is 0.232. The highest BCUT2D eigenvalue weighted by molar-refractivity contribution is 5.78. The first-order chi connectivity index (χ1) is 9.74. The number of aromatic nitrogens is 1. The van der Waals surface area contributed by atoms with Crippen LogP contribution in [0.4, 0.5) is 0 Å². The molecular formula is C17H24N2O. The van der Waals surface area contributed by atoms with Crippen LogP contribution in [-0.4, -0.2) is 24.7 Å². The van der Waals surface area contributed by atoms with Gasteiger partial charge in [-0.2, -0.15) is 0 Å². The van der Waals surface area contributed by atoms with Gasteiger partial charge in [0.25, 0.3) is 0 Å². The molecule has 0 aliphatic carbocycles. The Labute approximate surface area is 121 Å². The molecule has 0 aliphatic rings. The normalized spacial score (nSPS) is 14.3. The Morgan fingerprint density at radius 2 is 2.10 bits per heavy atom. The Kier molecular flexibility index (Phi) is 5.50. The second-order valence-electron chi connectivity index (χ2n) is 5.25. The van der Waals surface area contributed by atoms with Crippen LogP contribution in [-0.2, 0) is 4.74 Å². The van der Waals surface area contributed by atoms with E-state index in [0.29, 0.717) is 6.04 Å². The highest BCUT2D eigenvalue weighted by Gasteiger charge is 2.15. The van der Waals surface area contributed by atoms with Crippen molar-refractivity contribution < 1.29 is 4.74 Å². The molecule has 1 N–H and O–H groups in total. The van der Waals surface area contributed by atoms with Crippen molar-refractivity contribution in [2.45, 2.75) is 38.8 Å². The number of benzene rings is 1. The number of nitrogens with zero attached hydrogens (tertiary/aromatic N) is 1. The topological polar surface area (TPSA) is 34.1 Å². The fourth-order valence-corrected chi connectivity index (χ4v) is 2.36. The summed E-state index contributed by atoms with van der Waals surface area (Å²) in [6.07, 6.45) is 4.30. The molecule has 2 atom stereocenters. The molecule has 0 amide bonds. The molecule has 2 aromatic rings. The number of fused-ring (bicyclic) bond motifs is 1. The Hall–Kier alpha value is -1.45. The largest absolute Gasteiger partial charge is 0.382 e. The third-order valence-corrected chi connectivity index (χ3v) is 3.62. The van der Waals surface area contributed by atoms with Crippen LogP contribution in [0.2, 0.25) is 0 Å². The molecule has 20 heavy (non-hydrogen) atoms. The first-order valence-electron chi connectivity index (χ1n) is 7.35. The summed E-state index contributed by atoms with van der Waals surface area (Å²) in [6.45, 7) is 5.30. The van der Waals surface area contributed by atoms with Crippen LogP contribution < -0.4 is 5.32 Å². The number of ether oxygens (including phenoxy) is 1. The lowest BCUT2D eigenvalue weighted by atomic mass is 10.0. The Morgan fingerprint density at radius 1 is 1.30 bits per heavy atom. The second kappa shape index (κ2) is 7.36. The summed E-state index contributed by atoms with van der Waals surface area (Å²) in [5, 5.41) is 4.79. The lowest BCUT2D eigenvalue weighted by molar-refractivity contribution is 0.100. The van der Waals surface area contributed by atoms with Gasteiger partial charge in [0.2, 0.25) is 0 Å². The van der Waals surface area contributed by atoms with Gasteiger partial charge in [0.05, 0.1) is 11.6 Å². The van der Waals surface area contributed by atoms with Gasteiger partial charge in [0.1, 0.15) is 0 Å². The Morgan fingerprint density at radius 3 is 2.85 bits per heavy atom. The zero-order chi connectivity index (χ0) is 14.4. The second-order valence-corrected chi connectivity index (χ2v) is 5.25. The third-order valence-electron chi connectivity index (χ3n) is 3.62. The third kappa shape index (κ3) is 3.78. The van der Waals surface area contributed by atoms with Crippen molar-refractivity contribution in [3.8, 4) is 0 Å².